The molecule has 0 atom stereocenters. The first-order chi connectivity index (χ1) is 17.1. The van der Waals surface area contributed by atoms with E-state index in [0.717, 1.165) is 87.3 Å². The van der Waals surface area contributed by atoms with E-state index in [-0.39, 0.29) is 11.1 Å². The van der Waals surface area contributed by atoms with E-state index in [9.17, 15) is 19.8 Å². The normalized spacial score (nSPS) is 11.6. The monoisotopic (exact) mass is 502 g/mol. The Hall–Kier alpha value is -1.84. The fourth-order valence-electron chi connectivity index (χ4n) is 5.36. The van der Waals surface area contributed by atoms with E-state index in [2.05, 4.69) is 41.5 Å². The number of rotatable bonds is 20. The van der Waals surface area contributed by atoms with Gasteiger partial charge < -0.3 is 10.2 Å². The molecule has 0 aromatic heterocycles. The van der Waals surface area contributed by atoms with Gasteiger partial charge in [0.25, 0.3) is 0 Å². The van der Waals surface area contributed by atoms with E-state index < -0.39 is 11.9 Å². The molecule has 0 saturated carbocycles. The molecule has 0 aliphatic heterocycles. The number of hydrogen-bond donors (Lipinski definition) is 2. The standard InChI is InChI=1S/C32H54O4/c1-7-9-19-25-26(21-15-11-13-17-23(3)4)28(22-16-12-14-18-24(5)6)30(32(35)36)29(31(33)34)27(25)20-10-8-2/h23-24H,7-22H2,1-6H3,(H,33,34)(H,35,36). The van der Waals surface area contributed by atoms with E-state index in [0.29, 0.717) is 24.7 Å². The molecule has 0 aliphatic rings. The number of carbonyl (C=O) groups is 2. The molecular formula is C32H54O4. The minimum Gasteiger partial charge on any atom is -0.478 e. The van der Waals surface area contributed by atoms with Crippen LogP contribution in [0, 0.1) is 11.8 Å². The molecule has 0 fully saturated rings. The summed E-state index contributed by atoms with van der Waals surface area (Å²) in [4.78, 5) is 25.2. The van der Waals surface area contributed by atoms with E-state index in [1.165, 1.54) is 24.8 Å². The van der Waals surface area contributed by atoms with Crippen LogP contribution in [0.4, 0.5) is 0 Å². The number of benzene rings is 1. The Labute approximate surface area is 221 Å². The maximum Gasteiger partial charge on any atom is 0.336 e. The fraction of sp³-hybridized carbons (Fsp3) is 0.750. The summed E-state index contributed by atoms with van der Waals surface area (Å²) < 4.78 is 0. The Kier molecular flexibility index (Phi) is 15.7. The van der Waals surface area contributed by atoms with Crippen molar-refractivity contribution in [2.75, 3.05) is 0 Å². The Bertz CT molecular complexity index is 807. The molecule has 0 unspecified atom stereocenters. The first-order valence-corrected chi connectivity index (χ1v) is 14.8. The number of carboxylic acids is 2. The zero-order chi connectivity index (χ0) is 27.1. The van der Waals surface area contributed by atoms with Crippen LogP contribution in [0.3, 0.4) is 0 Å². The molecule has 0 saturated heterocycles. The van der Waals surface area contributed by atoms with Gasteiger partial charge in [0.2, 0.25) is 0 Å². The van der Waals surface area contributed by atoms with Crippen molar-refractivity contribution in [1.29, 1.82) is 0 Å². The van der Waals surface area contributed by atoms with E-state index in [1.807, 2.05) is 0 Å². The highest BCUT2D eigenvalue weighted by Crippen LogP contribution is 2.34. The predicted molar refractivity (Wildman–Crippen MR) is 152 cm³/mol. The van der Waals surface area contributed by atoms with Gasteiger partial charge in [-0.05, 0) is 85.5 Å². The van der Waals surface area contributed by atoms with Crippen molar-refractivity contribution >= 4 is 11.9 Å². The SMILES string of the molecule is CCCCc1c(CCCCCC(C)C)c(CCCCCC(C)C)c(C(=O)O)c(C(=O)O)c1CCCC. The van der Waals surface area contributed by atoms with E-state index >= 15 is 0 Å². The van der Waals surface area contributed by atoms with Crippen LogP contribution in [0.1, 0.15) is 162 Å². The third-order valence-corrected chi connectivity index (χ3v) is 7.35. The van der Waals surface area contributed by atoms with Gasteiger partial charge in [0.1, 0.15) is 0 Å². The molecule has 4 nitrogen and oxygen atoms in total. The van der Waals surface area contributed by atoms with Crippen molar-refractivity contribution in [2.45, 2.75) is 144 Å². The van der Waals surface area contributed by atoms with Crippen molar-refractivity contribution in [3.05, 3.63) is 33.4 Å². The largest absolute Gasteiger partial charge is 0.478 e. The van der Waals surface area contributed by atoms with Crippen LogP contribution < -0.4 is 0 Å². The van der Waals surface area contributed by atoms with Crippen LogP contribution in [-0.4, -0.2) is 22.2 Å². The topological polar surface area (TPSA) is 74.6 Å². The Morgan fingerprint density at radius 3 is 1.19 bits per heavy atom. The zero-order valence-electron chi connectivity index (χ0n) is 24.2. The van der Waals surface area contributed by atoms with Crippen LogP contribution in [0.5, 0.6) is 0 Å². The summed E-state index contributed by atoms with van der Waals surface area (Å²) in [7, 11) is 0. The highest BCUT2D eigenvalue weighted by Gasteiger charge is 2.29. The molecule has 0 aliphatic carbocycles. The zero-order valence-corrected chi connectivity index (χ0v) is 24.2. The summed E-state index contributed by atoms with van der Waals surface area (Å²) in [6, 6.07) is 0. The Morgan fingerprint density at radius 2 is 0.861 bits per heavy atom. The average molecular weight is 503 g/mol. The quantitative estimate of drug-likeness (QED) is 0.174. The maximum atomic E-state index is 12.6. The highest BCUT2D eigenvalue weighted by atomic mass is 16.4. The van der Waals surface area contributed by atoms with Crippen LogP contribution in [0.25, 0.3) is 0 Å². The predicted octanol–water partition coefficient (Wildman–Crippen LogP) is 9.29. The lowest BCUT2D eigenvalue weighted by Gasteiger charge is -2.24. The third-order valence-electron chi connectivity index (χ3n) is 7.35. The molecule has 1 rings (SSSR count). The smallest absolute Gasteiger partial charge is 0.336 e. The molecule has 0 spiro atoms. The second kappa shape index (κ2) is 17.6. The molecule has 0 bridgehead atoms. The van der Waals surface area contributed by atoms with E-state index in [4.69, 9.17) is 0 Å². The first kappa shape index (κ1) is 32.2. The van der Waals surface area contributed by atoms with Gasteiger partial charge in [-0.15, -0.1) is 0 Å². The number of unbranched alkanes of at least 4 members (excludes halogenated alkanes) is 6. The van der Waals surface area contributed by atoms with Gasteiger partial charge in [-0.2, -0.15) is 0 Å². The lowest BCUT2D eigenvalue weighted by molar-refractivity contribution is 0.0649. The lowest BCUT2D eigenvalue weighted by Crippen LogP contribution is -2.20. The minimum atomic E-state index is -1.08. The van der Waals surface area contributed by atoms with Crippen LogP contribution >= 0.6 is 0 Å². The van der Waals surface area contributed by atoms with Crippen molar-refractivity contribution < 1.29 is 19.8 Å². The summed E-state index contributed by atoms with van der Waals surface area (Å²) in [5.41, 5.74) is 4.10. The molecular weight excluding hydrogens is 448 g/mol. The van der Waals surface area contributed by atoms with Crippen molar-refractivity contribution in [3.63, 3.8) is 0 Å². The van der Waals surface area contributed by atoms with Gasteiger partial charge >= 0.3 is 11.9 Å². The molecule has 36 heavy (non-hydrogen) atoms. The molecule has 1 aromatic rings. The van der Waals surface area contributed by atoms with Gasteiger partial charge in [0.15, 0.2) is 0 Å². The summed E-state index contributed by atoms with van der Waals surface area (Å²) in [6.07, 6.45) is 15.7. The van der Waals surface area contributed by atoms with Crippen molar-refractivity contribution in [1.82, 2.24) is 0 Å². The Balaban J connectivity index is 3.58. The molecule has 0 radical (unpaired) electrons. The minimum absolute atomic E-state index is 0.0720. The van der Waals surface area contributed by atoms with Crippen LogP contribution in [-0.2, 0) is 25.7 Å². The summed E-state index contributed by atoms with van der Waals surface area (Å²) in [5.74, 6) is -0.801. The van der Waals surface area contributed by atoms with Crippen molar-refractivity contribution in [3.8, 4) is 0 Å². The molecule has 206 valence electrons. The Morgan fingerprint density at radius 1 is 0.528 bits per heavy atom. The van der Waals surface area contributed by atoms with Gasteiger partial charge in [-0.25, -0.2) is 9.59 Å². The summed E-state index contributed by atoms with van der Waals surface area (Å²) in [6.45, 7) is 13.2. The molecule has 1 aromatic carbocycles. The van der Waals surface area contributed by atoms with Crippen LogP contribution in [0.15, 0.2) is 0 Å². The summed E-state index contributed by atoms with van der Waals surface area (Å²) in [5, 5.41) is 20.6. The second-order valence-electron chi connectivity index (χ2n) is 11.5. The number of carboxylic acid groups (broad SMARTS) is 2. The second-order valence-corrected chi connectivity index (χ2v) is 11.5. The molecule has 0 heterocycles. The molecule has 2 N–H and O–H groups in total. The van der Waals surface area contributed by atoms with Gasteiger partial charge in [-0.3, -0.25) is 0 Å². The maximum absolute atomic E-state index is 12.6. The third kappa shape index (κ3) is 10.6. The molecule has 0 amide bonds. The summed E-state index contributed by atoms with van der Waals surface area (Å²) >= 11 is 0. The molecule has 4 heteroatoms. The van der Waals surface area contributed by atoms with Gasteiger partial charge in [0, 0.05) is 0 Å². The van der Waals surface area contributed by atoms with E-state index in [1.54, 1.807) is 0 Å². The first-order valence-electron chi connectivity index (χ1n) is 14.8. The van der Waals surface area contributed by atoms with Crippen molar-refractivity contribution in [2.24, 2.45) is 11.8 Å². The average Bonchev–Trinajstić information content (AvgIpc) is 2.80. The lowest BCUT2D eigenvalue weighted by atomic mass is 9.79. The fourth-order valence-corrected chi connectivity index (χ4v) is 5.36. The number of aromatic carboxylic acids is 2. The van der Waals surface area contributed by atoms with Gasteiger partial charge in [0.05, 0.1) is 11.1 Å². The van der Waals surface area contributed by atoms with Crippen LogP contribution in [0.2, 0.25) is 0 Å². The van der Waals surface area contributed by atoms with Gasteiger partial charge in [-0.1, -0.05) is 92.9 Å². The number of hydrogen-bond acceptors (Lipinski definition) is 2. The highest BCUT2D eigenvalue weighted by molar-refractivity contribution is 6.04.